The first-order valence-corrected chi connectivity index (χ1v) is 9.41. The fraction of sp³-hybridized carbons (Fsp3) is 0.227. The number of rotatable bonds is 5. The van der Waals surface area contributed by atoms with Crippen LogP contribution in [0.15, 0.2) is 59.4 Å². The zero-order chi connectivity index (χ0) is 20.2. The second-order valence-electron chi connectivity index (χ2n) is 6.83. The van der Waals surface area contributed by atoms with Gasteiger partial charge in [-0.15, -0.1) is 0 Å². The number of carbonyl (C=O) groups is 1. The fourth-order valence-electron chi connectivity index (χ4n) is 3.31. The van der Waals surface area contributed by atoms with Crippen LogP contribution in [0.25, 0.3) is 0 Å². The van der Waals surface area contributed by atoms with E-state index in [1.54, 1.807) is 6.92 Å². The molecule has 1 amide bonds. The molecule has 2 heterocycles. The Balaban J connectivity index is 1.65. The molecule has 0 radical (unpaired) electrons. The van der Waals surface area contributed by atoms with Crippen molar-refractivity contribution in [3.63, 3.8) is 0 Å². The normalized spacial score (nSPS) is 13.6. The molecule has 1 aromatic heterocycles. The Morgan fingerprint density at radius 3 is 2.62 bits per heavy atom. The van der Waals surface area contributed by atoms with Gasteiger partial charge < -0.3 is 19.8 Å². The van der Waals surface area contributed by atoms with Crippen LogP contribution in [0.4, 0.5) is 0 Å². The number of carbonyl (C=O) groups excluding carboxylic acids is 1. The average molecular weight is 391 g/mol. The van der Waals surface area contributed by atoms with Crippen LogP contribution in [0.2, 0.25) is 0 Å². The third-order valence-electron chi connectivity index (χ3n) is 4.65. The monoisotopic (exact) mass is 391 g/mol. The molecule has 7 heteroatoms. The molecule has 3 aromatic rings. The predicted octanol–water partition coefficient (Wildman–Crippen LogP) is 2.56. The summed E-state index contributed by atoms with van der Waals surface area (Å²) in [5, 5.41) is 3.01. The Morgan fingerprint density at radius 2 is 1.86 bits per heavy atom. The van der Waals surface area contributed by atoms with Gasteiger partial charge in [-0.05, 0) is 36.6 Å². The van der Waals surface area contributed by atoms with Gasteiger partial charge in [0.15, 0.2) is 11.5 Å². The largest absolute Gasteiger partial charge is 0.486 e. The van der Waals surface area contributed by atoms with Crippen LogP contribution in [0, 0.1) is 6.92 Å². The van der Waals surface area contributed by atoms with Gasteiger partial charge in [0.25, 0.3) is 11.5 Å². The number of hydrogen-bond acceptors (Lipinski definition) is 5. The number of H-pyrrole nitrogens is 1. The summed E-state index contributed by atoms with van der Waals surface area (Å²) in [6.45, 7) is 2.65. The van der Waals surface area contributed by atoms with Crippen molar-refractivity contribution in [2.45, 2.75) is 19.4 Å². The summed E-state index contributed by atoms with van der Waals surface area (Å²) in [4.78, 5) is 31.2. The highest BCUT2D eigenvalue weighted by Gasteiger charge is 2.21. The summed E-state index contributed by atoms with van der Waals surface area (Å²) in [5.74, 6) is 1.33. The zero-order valence-electron chi connectivity index (χ0n) is 16.0. The van der Waals surface area contributed by atoms with Crippen LogP contribution in [-0.2, 0) is 6.42 Å². The van der Waals surface area contributed by atoms with Gasteiger partial charge in [0.2, 0.25) is 0 Å². The number of hydrogen-bond donors (Lipinski definition) is 2. The number of aromatic amines is 1. The second kappa shape index (κ2) is 8.18. The van der Waals surface area contributed by atoms with Crippen molar-refractivity contribution in [1.29, 1.82) is 0 Å². The molecule has 0 saturated carbocycles. The van der Waals surface area contributed by atoms with Crippen molar-refractivity contribution in [3.05, 3.63) is 87.6 Å². The van der Waals surface area contributed by atoms with E-state index in [9.17, 15) is 9.59 Å². The van der Waals surface area contributed by atoms with Gasteiger partial charge in [-0.2, -0.15) is 0 Å². The first-order chi connectivity index (χ1) is 14.1. The molecule has 0 bridgehead atoms. The number of aryl methyl sites for hydroxylation is 1. The quantitative estimate of drug-likeness (QED) is 0.697. The Kier molecular flexibility index (Phi) is 5.29. The Morgan fingerprint density at radius 1 is 1.10 bits per heavy atom. The van der Waals surface area contributed by atoms with Crippen molar-refractivity contribution in [3.8, 4) is 11.5 Å². The van der Waals surface area contributed by atoms with Crippen molar-refractivity contribution < 1.29 is 14.3 Å². The van der Waals surface area contributed by atoms with Crippen molar-refractivity contribution >= 4 is 5.91 Å². The first kappa shape index (κ1) is 18.7. The Bertz CT molecular complexity index is 1080. The lowest BCUT2D eigenvalue weighted by Gasteiger charge is -2.23. The molecule has 0 aliphatic carbocycles. The Hall–Kier alpha value is -3.61. The number of aromatic nitrogens is 2. The first-order valence-electron chi connectivity index (χ1n) is 9.41. The van der Waals surface area contributed by atoms with Crippen molar-refractivity contribution in [2.24, 2.45) is 0 Å². The molecule has 0 fully saturated rings. The van der Waals surface area contributed by atoms with Crippen molar-refractivity contribution in [2.75, 3.05) is 13.2 Å². The molecule has 4 rings (SSSR count). The van der Waals surface area contributed by atoms with E-state index in [-0.39, 0.29) is 17.3 Å². The molecule has 1 aliphatic rings. The molecule has 2 N–H and O–H groups in total. The van der Waals surface area contributed by atoms with Gasteiger partial charge in [-0.3, -0.25) is 9.59 Å². The van der Waals surface area contributed by atoms with Gasteiger partial charge in [-0.25, -0.2) is 4.98 Å². The van der Waals surface area contributed by atoms with E-state index in [1.165, 1.54) is 6.07 Å². The van der Waals surface area contributed by atoms with E-state index < -0.39 is 5.91 Å². The molecule has 7 nitrogen and oxygen atoms in total. The number of amides is 1. The minimum Gasteiger partial charge on any atom is -0.486 e. The molecular formula is C22H21N3O4. The van der Waals surface area contributed by atoms with Crippen LogP contribution in [0.3, 0.4) is 0 Å². The lowest BCUT2D eigenvalue weighted by molar-refractivity contribution is 0.0930. The van der Waals surface area contributed by atoms with Gasteiger partial charge >= 0.3 is 0 Å². The van der Waals surface area contributed by atoms with E-state index >= 15 is 0 Å². The van der Waals surface area contributed by atoms with Gasteiger partial charge in [0.05, 0.1) is 6.04 Å². The molecular weight excluding hydrogens is 370 g/mol. The fourth-order valence-corrected chi connectivity index (χ4v) is 3.31. The lowest BCUT2D eigenvalue weighted by atomic mass is 9.98. The third-order valence-corrected chi connectivity index (χ3v) is 4.65. The number of benzene rings is 2. The maximum atomic E-state index is 12.8. The third kappa shape index (κ3) is 4.45. The minimum absolute atomic E-state index is 0.0851. The topological polar surface area (TPSA) is 93.3 Å². The number of nitrogens with zero attached hydrogens (tertiary/aromatic N) is 1. The highest BCUT2D eigenvalue weighted by atomic mass is 16.6. The minimum atomic E-state index is -0.407. The molecule has 29 heavy (non-hydrogen) atoms. The molecule has 0 spiro atoms. The standard InChI is InChI=1S/C22H21N3O4/c1-14-23-18(13-21(26)24-14)22(27)25-17(11-15-5-3-2-4-6-15)16-7-8-19-20(12-16)29-10-9-28-19/h2-8,12-13,17H,9-11H2,1H3,(H,25,27)(H,23,24,26)/t17-/m0/s1. The van der Waals surface area contributed by atoms with E-state index in [0.29, 0.717) is 37.0 Å². The highest BCUT2D eigenvalue weighted by molar-refractivity contribution is 5.92. The SMILES string of the molecule is Cc1nc(C(=O)N[C@@H](Cc2ccccc2)c2ccc3c(c2)OCCO3)cc(=O)[nH]1. The van der Waals surface area contributed by atoms with Crippen LogP contribution in [0.1, 0.15) is 33.5 Å². The maximum Gasteiger partial charge on any atom is 0.270 e. The van der Waals surface area contributed by atoms with Gasteiger partial charge in [0.1, 0.15) is 24.7 Å². The summed E-state index contributed by atoms with van der Waals surface area (Å²) in [6.07, 6.45) is 0.578. The van der Waals surface area contributed by atoms with Crippen LogP contribution >= 0.6 is 0 Å². The highest BCUT2D eigenvalue weighted by Crippen LogP contribution is 2.33. The number of ether oxygens (including phenoxy) is 2. The molecule has 0 unspecified atom stereocenters. The van der Waals surface area contributed by atoms with Crippen molar-refractivity contribution in [1.82, 2.24) is 15.3 Å². The zero-order valence-corrected chi connectivity index (χ0v) is 16.0. The van der Waals surface area contributed by atoms with E-state index in [2.05, 4.69) is 15.3 Å². The molecule has 0 saturated heterocycles. The van der Waals surface area contributed by atoms with E-state index in [1.807, 2.05) is 48.5 Å². The van der Waals surface area contributed by atoms with E-state index in [4.69, 9.17) is 9.47 Å². The average Bonchev–Trinajstić information content (AvgIpc) is 2.73. The Labute approximate surface area is 167 Å². The summed E-state index contributed by atoms with van der Waals surface area (Å²) in [7, 11) is 0. The summed E-state index contributed by atoms with van der Waals surface area (Å²) >= 11 is 0. The lowest BCUT2D eigenvalue weighted by Crippen LogP contribution is -2.32. The summed E-state index contributed by atoms with van der Waals surface area (Å²) in [5.41, 5.74) is 1.68. The second-order valence-corrected chi connectivity index (χ2v) is 6.83. The van der Waals surface area contributed by atoms with Gasteiger partial charge in [-0.1, -0.05) is 36.4 Å². The van der Waals surface area contributed by atoms with Gasteiger partial charge in [0, 0.05) is 6.07 Å². The van der Waals surface area contributed by atoms with Crippen LogP contribution in [0.5, 0.6) is 11.5 Å². The predicted molar refractivity (Wildman–Crippen MR) is 107 cm³/mol. The summed E-state index contributed by atoms with van der Waals surface area (Å²) < 4.78 is 11.3. The molecule has 1 atom stereocenters. The molecule has 148 valence electrons. The number of nitrogens with one attached hydrogen (secondary N) is 2. The molecule has 1 aliphatic heterocycles. The maximum absolute atomic E-state index is 12.8. The van der Waals surface area contributed by atoms with Crippen LogP contribution in [-0.4, -0.2) is 29.1 Å². The molecule has 2 aromatic carbocycles. The summed E-state index contributed by atoms with van der Waals surface area (Å²) in [6, 6.07) is 16.4. The van der Waals surface area contributed by atoms with E-state index in [0.717, 1.165) is 11.1 Å². The van der Waals surface area contributed by atoms with Crippen LogP contribution < -0.4 is 20.3 Å². The number of fused-ring (bicyclic) bond motifs is 1. The smallest absolute Gasteiger partial charge is 0.270 e.